The van der Waals surface area contributed by atoms with Crippen molar-refractivity contribution in [3.05, 3.63) is 0 Å². The molecule has 0 fully saturated rings. The molecule has 5 nitrogen and oxygen atoms in total. The van der Waals surface area contributed by atoms with Crippen molar-refractivity contribution in [1.82, 2.24) is 5.32 Å². The van der Waals surface area contributed by atoms with E-state index in [1.54, 1.807) is 6.92 Å². The average molecular weight is 216 g/mol. The first-order chi connectivity index (χ1) is 6.84. The number of hydrogen-bond acceptors (Lipinski definition) is 3. The number of carbonyl (C=O) groups is 2. The van der Waals surface area contributed by atoms with Crippen molar-refractivity contribution in [2.24, 2.45) is 17.6 Å². The average Bonchev–Trinajstić information content (AvgIpc) is 2.10. The first-order valence-corrected chi connectivity index (χ1v) is 5.10. The van der Waals surface area contributed by atoms with Crippen molar-refractivity contribution in [2.45, 2.75) is 33.2 Å². The summed E-state index contributed by atoms with van der Waals surface area (Å²) in [5.74, 6) is -1.44. The van der Waals surface area contributed by atoms with Crippen LogP contribution in [-0.4, -0.2) is 29.6 Å². The van der Waals surface area contributed by atoms with Crippen LogP contribution in [0.15, 0.2) is 0 Å². The Hall–Kier alpha value is -1.10. The summed E-state index contributed by atoms with van der Waals surface area (Å²) in [7, 11) is 0. The second kappa shape index (κ2) is 6.40. The Labute approximate surface area is 90.0 Å². The number of nitrogens with two attached hydrogens (primary N) is 1. The number of carboxylic acid groups (broad SMARTS) is 1. The van der Waals surface area contributed by atoms with Crippen molar-refractivity contribution < 1.29 is 14.7 Å². The van der Waals surface area contributed by atoms with E-state index in [1.165, 1.54) is 0 Å². The van der Waals surface area contributed by atoms with Gasteiger partial charge in [-0.1, -0.05) is 13.8 Å². The number of amides is 1. The van der Waals surface area contributed by atoms with Crippen LogP contribution in [0.5, 0.6) is 0 Å². The standard InChI is InChI=1S/C10H20N2O3/c1-6(2)4-8(10(14)15)5-12-9(13)7(3)11/h6-8H,4-5,11H2,1-3H3,(H,12,13)(H,14,15)/t7-,8?/m0/s1. The maximum atomic E-state index is 11.1. The van der Waals surface area contributed by atoms with Crippen molar-refractivity contribution in [1.29, 1.82) is 0 Å². The van der Waals surface area contributed by atoms with Crippen molar-refractivity contribution in [3.63, 3.8) is 0 Å². The third kappa shape index (κ3) is 6.06. The van der Waals surface area contributed by atoms with Gasteiger partial charge in [-0.2, -0.15) is 0 Å². The van der Waals surface area contributed by atoms with Gasteiger partial charge in [-0.05, 0) is 19.3 Å². The quantitative estimate of drug-likeness (QED) is 0.591. The molecule has 15 heavy (non-hydrogen) atoms. The molecule has 2 atom stereocenters. The predicted octanol–water partition coefficient (Wildman–Crippen LogP) is 0.197. The van der Waals surface area contributed by atoms with Crippen LogP contribution >= 0.6 is 0 Å². The van der Waals surface area contributed by atoms with Crippen LogP contribution in [0.4, 0.5) is 0 Å². The molecule has 0 saturated carbocycles. The lowest BCUT2D eigenvalue weighted by atomic mass is 9.97. The van der Waals surface area contributed by atoms with Gasteiger partial charge >= 0.3 is 5.97 Å². The maximum Gasteiger partial charge on any atom is 0.308 e. The Bertz CT molecular complexity index is 227. The summed E-state index contributed by atoms with van der Waals surface area (Å²) in [5.41, 5.74) is 5.34. The van der Waals surface area contributed by atoms with Crippen molar-refractivity contribution >= 4 is 11.9 Å². The van der Waals surface area contributed by atoms with Crippen LogP contribution < -0.4 is 11.1 Å². The lowest BCUT2D eigenvalue weighted by Crippen LogP contribution is -2.42. The van der Waals surface area contributed by atoms with Gasteiger partial charge in [-0.15, -0.1) is 0 Å². The Morgan fingerprint density at radius 1 is 1.33 bits per heavy atom. The van der Waals surface area contributed by atoms with Gasteiger partial charge in [0, 0.05) is 6.54 Å². The van der Waals surface area contributed by atoms with E-state index < -0.39 is 17.9 Å². The highest BCUT2D eigenvalue weighted by atomic mass is 16.4. The molecular formula is C10H20N2O3. The zero-order valence-electron chi connectivity index (χ0n) is 9.49. The smallest absolute Gasteiger partial charge is 0.308 e. The highest BCUT2D eigenvalue weighted by Crippen LogP contribution is 2.10. The van der Waals surface area contributed by atoms with E-state index in [9.17, 15) is 9.59 Å². The number of aliphatic carboxylic acids is 1. The normalized spacial score (nSPS) is 14.7. The molecule has 0 aliphatic carbocycles. The number of rotatable bonds is 6. The molecule has 0 aromatic carbocycles. The molecule has 0 bridgehead atoms. The fourth-order valence-corrected chi connectivity index (χ4v) is 1.23. The lowest BCUT2D eigenvalue weighted by molar-refractivity contribution is -0.142. The van der Waals surface area contributed by atoms with Crippen molar-refractivity contribution in [3.8, 4) is 0 Å². The van der Waals surface area contributed by atoms with Gasteiger partial charge < -0.3 is 16.2 Å². The molecule has 0 rings (SSSR count). The van der Waals surface area contributed by atoms with Crippen LogP contribution in [0, 0.1) is 11.8 Å². The van der Waals surface area contributed by atoms with Gasteiger partial charge in [0.25, 0.3) is 0 Å². The summed E-state index contributed by atoms with van der Waals surface area (Å²) in [5, 5.41) is 11.4. The van der Waals surface area contributed by atoms with E-state index in [-0.39, 0.29) is 12.5 Å². The topological polar surface area (TPSA) is 92.4 Å². The molecule has 0 radical (unpaired) electrons. The Kier molecular flexibility index (Phi) is 5.93. The van der Waals surface area contributed by atoms with E-state index in [4.69, 9.17) is 10.8 Å². The number of carboxylic acids is 1. The Morgan fingerprint density at radius 2 is 1.87 bits per heavy atom. The summed E-state index contributed by atoms with van der Waals surface area (Å²) in [6.07, 6.45) is 0.550. The fraction of sp³-hybridized carbons (Fsp3) is 0.800. The SMILES string of the molecule is CC(C)CC(CNC(=O)[C@H](C)N)C(=O)O. The Balaban J connectivity index is 4.07. The molecule has 0 aliphatic heterocycles. The first kappa shape index (κ1) is 13.9. The Morgan fingerprint density at radius 3 is 2.20 bits per heavy atom. The minimum atomic E-state index is -0.881. The molecule has 0 saturated heterocycles. The van der Waals surface area contributed by atoms with Crippen LogP contribution in [0.3, 0.4) is 0 Å². The van der Waals surface area contributed by atoms with E-state index in [2.05, 4.69) is 5.32 Å². The molecular weight excluding hydrogens is 196 g/mol. The van der Waals surface area contributed by atoms with Gasteiger partial charge in [-0.3, -0.25) is 9.59 Å². The molecule has 0 aliphatic rings. The molecule has 0 aromatic rings. The van der Waals surface area contributed by atoms with Gasteiger partial charge in [-0.25, -0.2) is 0 Å². The third-order valence-corrected chi connectivity index (χ3v) is 2.04. The summed E-state index contributed by atoms with van der Waals surface area (Å²) >= 11 is 0. The van der Waals surface area contributed by atoms with Crippen LogP contribution in [-0.2, 0) is 9.59 Å². The van der Waals surface area contributed by atoms with Gasteiger partial charge in [0.2, 0.25) is 5.91 Å². The van der Waals surface area contributed by atoms with E-state index in [1.807, 2.05) is 13.8 Å². The summed E-state index contributed by atoms with van der Waals surface area (Å²) in [6.45, 7) is 5.61. The second-order valence-corrected chi connectivity index (χ2v) is 4.20. The minimum Gasteiger partial charge on any atom is -0.481 e. The fourth-order valence-electron chi connectivity index (χ4n) is 1.23. The van der Waals surface area contributed by atoms with E-state index in [0.717, 1.165) is 0 Å². The molecule has 0 aromatic heterocycles. The summed E-state index contributed by atoms with van der Waals surface area (Å²) in [6, 6.07) is -0.599. The zero-order chi connectivity index (χ0) is 12.0. The van der Waals surface area contributed by atoms with Crippen LogP contribution in [0.25, 0.3) is 0 Å². The molecule has 88 valence electrons. The van der Waals surface area contributed by atoms with Gasteiger partial charge in [0.1, 0.15) is 0 Å². The van der Waals surface area contributed by atoms with Crippen LogP contribution in [0.2, 0.25) is 0 Å². The summed E-state index contributed by atoms with van der Waals surface area (Å²) < 4.78 is 0. The molecule has 0 heterocycles. The van der Waals surface area contributed by atoms with Gasteiger partial charge in [0.15, 0.2) is 0 Å². The predicted molar refractivity (Wildman–Crippen MR) is 57.2 cm³/mol. The van der Waals surface area contributed by atoms with Gasteiger partial charge in [0.05, 0.1) is 12.0 Å². The van der Waals surface area contributed by atoms with Crippen molar-refractivity contribution in [2.75, 3.05) is 6.54 Å². The second-order valence-electron chi connectivity index (χ2n) is 4.20. The lowest BCUT2D eigenvalue weighted by Gasteiger charge is -2.16. The zero-order valence-corrected chi connectivity index (χ0v) is 9.49. The largest absolute Gasteiger partial charge is 0.481 e. The van der Waals surface area contributed by atoms with E-state index >= 15 is 0 Å². The number of nitrogens with one attached hydrogen (secondary N) is 1. The highest BCUT2D eigenvalue weighted by molar-refractivity contribution is 5.81. The highest BCUT2D eigenvalue weighted by Gasteiger charge is 2.20. The molecule has 5 heteroatoms. The number of hydrogen-bond donors (Lipinski definition) is 3. The van der Waals surface area contributed by atoms with Crippen LogP contribution in [0.1, 0.15) is 27.2 Å². The molecule has 1 unspecified atom stereocenters. The van der Waals surface area contributed by atoms with E-state index in [0.29, 0.717) is 12.3 Å². The first-order valence-electron chi connectivity index (χ1n) is 5.10. The third-order valence-electron chi connectivity index (χ3n) is 2.04. The minimum absolute atomic E-state index is 0.147. The molecule has 0 spiro atoms. The monoisotopic (exact) mass is 216 g/mol. The number of carbonyl (C=O) groups excluding carboxylic acids is 1. The molecule has 1 amide bonds. The maximum absolute atomic E-state index is 11.1. The molecule has 4 N–H and O–H groups in total. The summed E-state index contributed by atoms with van der Waals surface area (Å²) in [4.78, 5) is 22.0.